The molecule has 0 radical (unpaired) electrons. The van der Waals surface area contributed by atoms with E-state index in [9.17, 15) is 0 Å². The number of epoxide rings is 1. The van der Waals surface area contributed by atoms with Gasteiger partial charge in [0.15, 0.2) is 6.29 Å². The lowest BCUT2D eigenvalue weighted by Gasteiger charge is -2.11. The van der Waals surface area contributed by atoms with E-state index in [-0.39, 0.29) is 12.0 Å². The van der Waals surface area contributed by atoms with Crippen LogP contribution in [0.1, 0.15) is 5.56 Å². The van der Waals surface area contributed by atoms with Crippen LogP contribution >= 0.6 is 0 Å². The lowest BCUT2D eigenvalue weighted by atomic mass is 9.96. The van der Waals surface area contributed by atoms with Gasteiger partial charge in [-0.15, -0.1) is 0 Å². The molecule has 2 rings (SSSR count). The van der Waals surface area contributed by atoms with E-state index in [1.54, 1.807) is 0 Å². The molecule has 76 valence electrons. The third kappa shape index (κ3) is 2.12. The van der Waals surface area contributed by atoms with Gasteiger partial charge in [0.25, 0.3) is 0 Å². The van der Waals surface area contributed by atoms with Crippen LogP contribution in [-0.2, 0) is 11.2 Å². The lowest BCUT2D eigenvalue weighted by molar-refractivity contribution is 0.155. The maximum Gasteiger partial charge on any atom is 0.182 e. The van der Waals surface area contributed by atoms with Crippen LogP contribution in [-0.4, -0.2) is 24.0 Å². The van der Waals surface area contributed by atoms with Crippen LogP contribution in [0.2, 0.25) is 0 Å². The Morgan fingerprint density at radius 3 is 2.50 bits per heavy atom. The molecule has 1 heterocycles. The summed E-state index contributed by atoms with van der Waals surface area (Å²) in [5.41, 5.74) is 6.87. The zero-order valence-electron chi connectivity index (χ0n) is 7.97. The van der Waals surface area contributed by atoms with Crippen LogP contribution < -0.4 is 5.73 Å². The van der Waals surface area contributed by atoms with Crippen LogP contribution in [0.5, 0.6) is 0 Å². The van der Waals surface area contributed by atoms with Crippen molar-refractivity contribution >= 4 is 0 Å². The smallest absolute Gasteiger partial charge is 0.182 e. The van der Waals surface area contributed by atoms with Crippen LogP contribution in [0.25, 0.3) is 0 Å². The Balaban J connectivity index is 1.95. The summed E-state index contributed by atoms with van der Waals surface area (Å²) in [6, 6.07) is 10.1. The molecule has 3 N–H and O–H groups in total. The summed E-state index contributed by atoms with van der Waals surface area (Å²) in [6.45, 7) is 0.552. The highest BCUT2D eigenvalue weighted by Crippen LogP contribution is 2.28. The Hall–Kier alpha value is -0.900. The fourth-order valence-corrected chi connectivity index (χ4v) is 1.71. The standard InChI is InChI=1S/C11H15NO2/c12-7-9(10-11(13)14-10)6-8-4-2-1-3-5-8/h1-5,9-11,13H,6-7,12H2. The van der Waals surface area contributed by atoms with Gasteiger partial charge in [0.2, 0.25) is 0 Å². The number of aliphatic hydroxyl groups is 1. The Morgan fingerprint density at radius 2 is 2.00 bits per heavy atom. The lowest BCUT2D eigenvalue weighted by Crippen LogP contribution is -2.23. The van der Waals surface area contributed by atoms with E-state index in [4.69, 9.17) is 15.6 Å². The van der Waals surface area contributed by atoms with Crippen LogP contribution in [0.3, 0.4) is 0 Å². The highest BCUT2D eigenvalue weighted by atomic mass is 16.7. The predicted molar refractivity (Wildman–Crippen MR) is 53.6 cm³/mol. The number of hydrogen-bond acceptors (Lipinski definition) is 3. The second kappa shape index (κ2) is 4.09. The molecule has 14 heavy (non-hydrogen) atoms. The number of benzene rings is 1. The van der Waals surface area contributed by atoms with Gasteiger partial charge in [-0.05, 0) is 18.5 Å². The van der Waals surface area contributed by atoms with Crippen LogP contribution in [0.4, 0.5) is 0 Å². The maximum absolute atomic E-state index is 9.13. The first-order valence-corrected chi connectivity index (χ1v) is 4.89. The van der Waals surface area contributed by atoms with E-state index in [0.717, 1.165) is 6.42 Å². The molecule has 1 aromatic carbocycles. The molecule has 1 aliphatic heterocycles. The SMILES string of the molecule is NCC(Cc1ccccc1)C1OC1O. The molecule has 3 unspecified atom stereocenters. The van der Waals surface area contributed by atoms with Gasteiger partial charge in [-0.2, -0.15) is 0 Å². The Bertz CT molecular complexity index is 289. The second-order valence-corrected chi connectivity index (χ2v) is 3.68. The minimum absolute atomic E-state index is 0.0554. The zero-order chi connectivity index (χ0) is 9.97. The van der Waals surface area contributed by atoms with Crippen molar-refractivity contribution in [2.75, 3.05) is 6.54 Å². The van der Waals surface area contributed by atoms with Gasteiger partial charge in [0.05, 0.1) is 0 Å². The van der Waals surface area contributed by atoms with E-state index < -0.39 is 6.29 Å². The second-order valence-electron chi connectivity index (χ2n) is 3.68. The van der Waals surface area contributed by atoms with Crippen molar-refractivity contribution in [3.63, 3.8) is 0 Å². The van der Waals surface area contributed by atoms with Crippen LogP contribution in [0.15, 0.2) is 30.3 Å². The largest absolute Gasteiger partial charge is 0.366 e. The highest BCUT2D eigenvalue weighted by Gasteiger charge is 2.42. The first-order chi connectivity index (χ1) is 6.81. The monoisotopic (exact) mass is 193 g/mol. The van der Waals surface area contributed by atoms with Gasteiger partial charge < -0.3 is 15.6 Å². The van der Waals surface area contributed by atoms with Crippen molar-refractivity contribution in [1.29, 1.82) is 0 Å². The summed E-state index contributed by atoms with van der Waals surface area (Å²) >= 11 is 0. The molecule has 0 aliphatic carbocycles. The van der Waals surface area contributed by atoms with Gasteiger partial charge in [-0.25, -0.2) is 0 Å². The summed E-state index contributed by atoms with van der Waals surface area (Å²) in [5, 5.41) is 9.13. The number of rotatable bonds is 4. The highest BCUT2D eigenvalue weighted by molar-refractivity contribution is 5.16. The fourth-order valence-electron chi connectivity index (χ4n) is 1.71. The van der Waals surface area contributed by atoms with Gasteiger partial charge >= 0.3 is 0 Å². The van der Waals surface area contributed by atoms with E-state index in [2.05, 4.69) is 12.1 Å². The third-order valence-electron chi connectivity index (χ3n) is 2.61. The topological polar surface area (TPSA) is 58.8 Å². The first-order valence-electron chi connectivity index (χ1n) is 4.89. The van der Waals surface area contributed by atoms with Crippen molar-refractivity contribution in [3.8, 4) is 0 Å². The molecule has 0 spiro atoms. The summed E-state index contributed by atoms with van der Waals surface area (Å²) < 4.78 is 5.02. The third-order valence-corrected chi connectivity index (χ3v) is 2.61. The van der Waals surface area contributed by atoms with Crippen molar-refractivity contribution in [3.05, 3.63) is 35.9 Å². The molecule has 1 fully saturated rings. The number of aliphatic hydroxyl groups excluding tert-OH is 1. The minimum atomic E-state index is -0.590. The van der Waals surface area contributed by atoms with Crippen molar-refractivity contribution in [2.24, 2.45) is 11.7 Å². The average Bonchev–Trinajstić information content (AvgIpc) is 2.93. The van der Waals surface area contributed by atoms with Crippen molar-refractivity contribution < 1.29 is 9.84 Å². The molecule has 0 aromatic heterocycles. The van der Waals surface area contributed by atoms with E-state index in [1.165, 1.54) is 5.56 Å². The first kappa shape index (κ1) is 9.65. The molecule has 0 bridgehead atoms. The molecule has 3 nitrogen and oxygen atoms in total. The molecule has 1 aliphatic rings. The van der Waals surface area contributed by atoms with Crippen molar-refractivity contribution in [1.82, 2.24) is 0 Å². The molecule has 3 heteroatoms. The number of nitrogens with two attached hydrogens (primary N) is 1. The predicted octanol–water partition coefficient (Wildman–Crippen LogP) is 0.521. The molecule has 3 atom stereocenters. The fraction of sp³-hybridized carbons (Fsp3) is 0.455. The van der Waals surface area contributed by atoms with Gasteiger partial charge in [-0.3, -0.25) is 0 Å². The van der Waals surface area contributed by atoms with Crippen LogP contribution in [0, 0.1) is 5.92 Å². The average molecular weight is 193 g/mol. The summed E-state index contributed by atoms with van der Waals surface area (Å²) in [7, 11) is 0. The number of ether oxygens (including phenoxy) is 1. The van der Waals surface area contributed by atoms with E-state index in [0.29, 0.717) is 6.54 Å². The molecule has 0 amide bonds. The Morgan fingerprint density at radius 1 is 1.36 bits per heavy atom. The normalized spacial score (nSPS) is 27.3. The van der Waals surface area contributed by atoms with E-state index >= 15 is 0 Å². The summed E-state index contributed by atoms with van der Waals surface area (Å²) in [6.07, 6.45) is 0.228. The summed E-state index contributed by atoms with van der Waals surface area (Å²) in [5.74, 6) is 0.229. The molecular weight excluding hydrogens is 178 g/mol. The molecular formula is C11H15NO2. The summed E-state index contributed by atoms with van der Waals surface area (Å²) in [4.78, 5) is 0. The molecule has 1 aromatic rings. The molecule has 0 saturated carbocycles. The van der Waals surface area contributed by atoms with Crippen molar-refractivity contribution in [2.45, 2.75) is 18.8 Å². The zero-order valence-corrected chi connectivity index (χ0v) is 7.97. The number of hydrogen-bond donors (Lipinski definition) is 2. The Labute approximate surface area is 83.5 Å². The minimum Gasteiger partial charge on any atom is -0.366 e. The maximum atomic E-state index is 9.13. The van der Waals surface area contributed by atoms with E-state index in [1.807, 2.05) is 18.2 Å². The van der Waals surface area contributed by atoms with Gasteiger partial charge in [0.1, 0.15) is 6.10 Å². The quantitative estimate of drug-likeness (QED) is 0.685. The Kier molecular flexibility index (Phi) is 2.82. The molecule has 1 saturated heterocycles. The van der Waals surface area contributed by atoms with Gasteiger partial charge in [0, 0.05) is 5.92 Å². The van der Waals surface area contributed by atoms with Gasteiger partial charge in [-0.1, -0.05) is 30.3 Å².